The Labute approximate surface area is 180 Å². The smallest absolute Gasteiger partial charge is 0.298 e. The Kier molecular flexibility index (Phi) is 7.90. The van der Waals surface area contributed by atoms with Gasteiger partial charge in [-0.05, 0) is 42.3 Å². The van der Waals surface area contributed by atoms with Crippen molar-refractivity contribution in [3.05, 3.63) is 28.8 Å². The van der Waals surface area contributed by atoms with Crippen LogP contribution in [0, 0.1) is 5.82 Å². The number of pyridine rings is 1. The molecular formula is C20H35ClF3NO2Si2. The zero-order valence-corrected chi connectivity index (χ0v) is 22.0. The van der Waals surface area contributed by atoms with Crippen LogP contribution in [0.2, 0.25) is 41.4 Å². The average molecular weight is 470 g/mol. The topological polar surface area (TPSA) is 31.4 Å². The van der Waals surface area contributed by atoms with Crippen LogP contribution in [0.4, 0.5) is 13.2 Å². The van der Waals surface area contributed by atoms with E-state index in [1.807, 2.05) is 67.7 Å². The van der Waals surface area contributed by atoms with Gasteiger partial charge in [-0.2, -0.15) is 0 Å². The Hall–Kier alpha value is -0.416. The van der Waals surface area contributed by atoms with Gasteiger partial charge in [0.25, 0.3) is 5.92 Å². The summed E-state index contributed by atoms with van der Waals surface area (Å²) in [6, 6.07) is 1.12. The first-order chi connectivity index (χ1) is 12.7. The molecule has 0 amide bonds. The van der Waals surface area contributed by atoms with Crippen LogP contribution in [-0.4, -0.2) is 34.1 Å². The van der Waals surface area contributed by atoms with Gasteiger partial charge in [0.15, 0.2) is 16.6 Å². The Morgan fingerprint density at radius 2 is 1.48 bits per heavy atom. The molecule has 0 N–H and O–H groups in total. The largest absolute Gasteiger partial charge is 0.411 e. The van der Waals surface area contributed by atoms with E-state index in [1.54, 1.807) is 0 Å². The fraction of sp³-hybridized carbons (Fsp3) is 0.750. The molecule has 0 bridgehead atoms. The first-order valence-corrected chi connectivity index (χ1v) is 15.9. The SMILES string of the molecule is CC(C)(C)[Si](C)(C)OCC(F)(F)C(O[Si](C)(C)C(C)(C)C)c1cc(Cl)ncc1F. The lowest BCUT2D eigenvalue weighted by Crippen LogP contribution is -2.49. The van der Waals surface area contributed by atoms with Crippen molar-refractivity contribution >= 4 is 28.2 Å². The summed E-state index contributed by atoms with van der Waals surface area (Å²) in [5.74, 6) is -4.32. The number of halogens is 4. The molecule has 3 nitrogen and oxygen atoms in total. The van der Waals surface area contributed by atoms with Crippen LogP contribution in [0.25, 0.3) is 0 Å². The minimum absolute atomic E-state index is 0.0636. The third-order valence-corrected chi connectivity index (χ3v) is 15.3. The molecule has 0 aromatic carbocycles. The van der Waals surface area contributed by atoms with E-state index in [-0.39, 0.29) is 20.8 Å². The van der Waals surface area contributed by atoms with E-state index in [0.717, 1.165) is 12.3 Å². The highest BCUT2D eigenvalue weighted by molar-refractivity contribution is 6.74. The van der Waals surface area contributed by atoms with Gasteiger partial charge in [-0.15, -0.1) is 0 Å². The fourth-order valence-corrected chi connectivity index (χ4v) is 4.44. The van der Waals surface area contributed by atoms with Crippen molar-refractivity contribution in [1.82, 2.24) is 4.98 Å². The molecular weight excluding hydrogens is 435 g/mol. The predicted octanol–water partition coefficient (Wildman–Crippen LogP) is 7.59. The highest BCUT2D eigenvalue weighted by Crippen LogP contribution is 2.46. The molecule has 1 aromatic heterocycles. The van der Waals surface area contributed by atoms with E-state index >= 15 is 8.78 Å². The van der Waals surface area contributed by atoms with E-state index in [9.17, 15) is 4.39 Å². The Balaban J connectivity index is 3.37. The number of aromatic nitrogens is 1. The molecule has 0 aliphatic rings. The second kappa shape index (κ2) is 8.61. The van der Waals surface area contributed by atoms with Crippen molar-refractivity contribution in [1.29, 1.82) is 0 Å². The Morgan fingerprint density at radius 3 is 1.93 bits per heavy atom. The molecule has 1 atom stereocenters. The predicted molar refractivity (Wildman–Crippen MR) is 118 cm³/mol. The van der Waals surface area contributed by atoms with E-state index in [0.29, 0.717) is 0 Å². The summed E-state index contributed by atoms with van der Waals surface area (Å²) in [5.41, 5.74) is -0.293. The molecule has 1 aromatic rings. The van der Waals surface area contributed by atoms with Gasteiger partial charge in [-0.25, -0.2) is 18.2 Å². The monoisotopic (exact) mass is 469 g/mol. The first kappa shape index (κ1) is 26.6. The molecule has 0 aliphatic carbocycles. The highest BCUT2D eigenvalue weighted by atomic mass is 35.5. The minimum atomic E-state index is -3.45. The lowest BCUT2D eigenvalue weighted by atomic mass is 10.1. The molecule has 1 unspecified atom stereocenters. The van der Waals surface area contributed by atoms with Crippen LogP contribution >= 0.6 is 11.6 Å². The number of hydrogen-bond acceptors (Lipinski definition) is 3. The van der Waals surface area contributed by atoms with Crippen LogP contribution in [0.1, 0.15) is 53.2 Å². The highest BCUT2D eigenvalue weighted by Gasteiger charge is 2.51. The van der Waals surface area contributed by atoms with Gasteiger partial charge in [0.2, 0.25) is 0 Å². The molecule has 29 heavy (non-hydrogen) atoms. The van der Waals surface area contributed by atoms with Crippen LogP contribution in [0.3, 0.4) is 0 Å². The van der Waals surface area contributed by atoms with Crippen molar-refractivity contribution in [2.75, 3.05) is 6.61 Å². The number of alkyl halides is 2. The van der Waals surface area contributed by atoms with Crippen molar-refractivity contribution in [3.63, 3.8) is 0 Å². The van der Waals surface area contributed by atoms with Crippen LogP contribution in [0.15, 0.2) is 12.3 Å². The molecule has 1 rings (SSSR count). The maximum Gasteiger partial charge on any atom is 0.298 e. The molecule has 0 radical (unpaired) electrons. The zero-order chi connectivity index (χ0) is 23.1. The maximum absolute atomic E-state index is 15.5. The standard InChI is InChI=1S/C20H35ClF3NO2Si2/c1-18(2,3)28(7,8)26-13-20(23,24)17(27-29(9,10)19(4,5)6)14-11-16(21)25-12-15(14)22/h11-12,17H,13H2,1-10H3. The summed E-state index contributed by atoms with van der Waals surface area (Å²) in [5, 5.41) is -0.634. The first-order valence-electron chi connectivity index (χ1n) is 9.72. The second-order valence-corrected chi connectivity index (χ2v) is 20.5. The lowest BCUT2D eigenvalue weighted by molar-refractivity contribution is -0.130. The number of nitrogens with zero attached hydrogens (tertiary/aromatic N) is 1. The summed E-state index contributed by atoms with van der Waals surface area (Å²) in [7, 11) is -5.10. The molecule has 168 valence electrons. The van der Waals surface area contributed by atoms with Gasteiger partial charge in [0.1, 0.15) is 23.7 Å². The van der Waals surface area contributed by atoms with Crippen LogP contribution in [-0.2, 0) is 8.85 Å². The van der Waals surface area contributed by atoms with E-state index < -0.39 is 41.1 Å². The number of hydrogen-bond donors (Lipinski definition) is 0. The van der Waals surface area contributed by atoms with Crippen LogP contribution < -0.4 is 0 Å². The quantitative estimate of drug-likeness (QED) is 0.304. The van der Waals surface area contributed by atoms with Gasteiger partial charge >= 0.3 is 0 Å². The minimum Gasteiger partial charge on any atom is -0.411 e. The second-order valence-electron chi connectivity index (χ2n) is 10.6. The van der Waals surface area contributed by atoms with E-state index in [4.69, 9.17) is 20.5 Å². The van der Waals surface area contributed by atoms with Crippen molar-refractivity contribution in [2.24, 2.45) is 0 Å². The van der Waals surface area contributed by atoms with Gasteiger partial charge in [0, 0.05) is 5.56 Å². The van der Waals surface area contributed by atoms with Crippen molar-refractivity contribution in [2.45, 2.75) is 89.8 Å². The summed E-state index contributed by atoms with van der Waals surface area (Å²) in [6.45, 7) is 18.4. The zero-order valence-electron chi connectivity index (χ0n) is 19.2. The molecule has 0 fully saturated rings. The van der Waals surface area contributed by atoms with Crippen molar-refractivity contribution in [3.8, 4) is 0 Å². The normalized spacial score (nSPS) is 15.5. The average Bonchev–Trinajstić information content (AvgIpc) is 2.51. The maximum atomic E-state index is 15.5. The van der Waals surface area contributed by atoms with Gasteiger partial charge in [-0.3, -0.25) is 0 Å². The summed E-state index contributed by atoms with van der Waals surface area (Å²) in [4.78, 5) is 3.64. The molecule has 9 heteroatoms. The van der Waals surface area contributed by atoms with Crippen molar-refractivity contribution < 1.29 is 22.0 Å². The molecule has 0 saturated carbocycles. The van der Waals surface area contributed by atoms with Gasteiger partial charge < -0.3 is 8.85 Å². The fourth-order valence-electron chi connectivity index (χ4n) is 2.05. The van der Waals surface area contributed by atoms with Gasteiger partial charge in [-0.1, -0.05) is 53.1 Å². The Bertz CT molecular complexity index is 717. The van der Waals surface area contributed by atoms with Crippen LogP contribution in [0.5, 0.6) is 0 Å². The van der Waals surface area contributed by atoms with Gasteiger partial charge in [0.05, 0.1) is 6.20 Å². The summed E-state index contributed by atoms with van der Waals surface area (Å²) in [6.07, 6.45) is -0.960. The molecule has 0 aliphatic heterocycles. The van der Waals surface area contributed by atoms with E-state index in [1.165, 1.54) is 0 Å². The van der Waals surface area contributed by atoms with E-state index in [2.05, 4.69) is 4.98 Å². The Morgan fingerprint density at radius 1 is 1.00 bits per heavy atom. The third kappa shape index (κ3) is 6.53. The molecule has 0 spiro atoms. The third-order valence-electron chi connectivity index (χ3n) is 6.17. The summed E-state index contributed by atoms with van der Waals surface area (Å²) >= 11 is 5.89. The summed E-state index contributed by atoms with van der Waals surface area (Å²) < 4.78 is 57.3. The molecule has 1 heterocycles. The molecule has 0 saturated heterocycles. The lowest BCUT2D eigenvalue weighted by Gasteiger charge is -2.42. The number of rotatable bonds is 7.